The van der Waals surface area contributed by atoms with Crippen molar-refractivity contribution in [3.05, 3.63) is 122 Å². The number of carbonyl (C=O) groups is 3. The Hall–Kier alpha value is -4.19. The van der Waals surface area contributed by atoms with Crippen molar-refractivity contribution in [3.63, 3.8) is 0 Å². The van der Waals surface area contributed by atoms with Gasteiger partial charge in [-0.2, -0.15) is 0 Å². The molecule has 0 aliphatic rings. The summed E-state index contributed by atoms with van der Waals surface area (Å²) in [7, 11) is 0. The Morgan fingerprint density at radius 1 is 0.288 bits per heavy atom. The molecule has 0 aromatic rings. The van der Waals surface area contributed by atoms with Crippen molar-refractivity contribution in [2.45, 2.75) is 271 Å². The van der Waals surface area contributed by atoms with Crippen LogP contribution in [-0.4, -0.2) is 37.2 Å². The first kappa shape index (κ1) is 68.8. The molecule has 0 N–H and O–H groups in total. The molecule has 0 aromatic carbocycles. The van der Waals surface area contributed by atoms with Gasteiger partial charge in [-0.25, -0.2) is 0 Å². The lowest BCUT2D eigenvalue weighted by Crippen LogP contribution is -2.30. The molecular formula is C67H110O6. The topological polar surface area (TPSA) is 78.9 Å². The highest BCUT2D eigenvalue weighted by Crippen LogP contribution is 2.15. The van der Waals surface area contributed by atoms with E-state index in [1.54, 1.807) is 0 Å². The molecule has 0 amide bonds. The van der Waals surface area contributed by atoms with Crippen molar-refractivity contribution in [1.82, 2.24) is 0 Å². The van der Waals surface area contributed by atoms with Crippen LogP contribution in [0.3, 0.4) is 0 Å². The van der Waals surface area contributed by atoms with E-state index in [9.17, 15) is 14.4 Å². The predicted octanol–water partition coefficient (Wildman–Crippen LogP) is 20.4. The molecule has 0 fully saturated rings. The van der Waals surface area contributed by atoms with Crippen LogP contribution >= 0.6 is 0 Å². The van der Waals surface area contributed by atoms with Crippen molar-refractivity contribution in [2.75, 3.05) is 13.2 Å². The highest BCUT2D eigenvalue weighted by atomic mass is 16.6. The lowest BCUT2D eigenvalue weighted by molar-refractivity contribution is -0.167. The molecule has 0 aromatic heterocycles. The van der Waals surface area contributed by atoms with Gasteiger partial charge in [0, 0.05) is 19.3 Å². The van der Waals surface area contributed by atoms with Crippen LogP contribution in [0.2, 0.25) is 0 Å². The molecule has 0 heterocycles. The van der Waals surface area contributed by atoms with Crippen LogP contribution in [0.4, 0.5) is 0 Å². The van der Waals surface area contributed by atoms with E-state index in [4.69, 9.17) is 14.2 Å². The summed E-state index contributed by atoms with van der Waals surface area (Å²) in [5, 5.41) is 0. The van der Waals surface area contributed by atoms with Gasteiger partial charge < -0.3 is 14.2 Å². The van der Waals surface area contributed by atoms with Gasteiger partial charge in [-0.3, -0.25) is 14.4 Å². The molecule has 0 spiro atoms. The van der Waals surface area contributed by atoms with E-state index < -0.39 is 6.10 Å². The summed E-state index contributed by atoms with van der Waals surface area (Å²) in [6, 6.07) is 0. The molecule has 73 heavy (non-hydrogen) atoms. The Kier molecular flexibility index (Phi) is 56.9. The number of carbonyl (C=O) groups excluding carboxylic acids is 3. The molecule has 0 aliphatic carbocycles. The molecule has 0 saturated carbocycles. The fraction of sp³-hybridized carbons (Fsp3) is 0.657. The van der Waals surface area contributed by atoms with Gasteiger partial charge in [0.25, 0.3) is 0 Å². The van der Waals surface area contributed by atoms with Crippen LogP contribution < -0.4 is 0 Å². The molecule has 0 rings (SSSR count). The Balaban J connectivity index is 4.32. The third-order valence-electron chi connectivity index (χ3n) is 12.5. The largest absolute Gasteiger partial charge is 0.462 e. The van der Waals surface area contributed by atoms with Crippen LogP contribution in [-0.2, 0) is 28.6 Å². The van der Waals surface area contributed by atoms with E-state index in [0.717, 1.165) is 141 Å². The first-order chi connectivity index (χ1) is 36.0. The molecule has 414 valence electrons. The van der Waals surface area contributed by atoms with Gasteiger partial charge in [0.05, 0.1) is 0 Å². The number of rotatable bonds is 53. The van der Waals surface area contributed by atoms with Crippen molar-refractivity contribution >= 4 is 17.9 Å². The molecule has 1 unspecified atom stereocenters. The van der Waals surface area contributed by atoms with Crippen molar-refractivity contribution < 1.29 is 28.6 Å². The molecule has 0 bridgehead atoms. The Bertz CT molecular complexity index is 1540. The summed E-state index contributed by atoms with van der Waals surface area (Å²) >= 11 is 0. The molecule has 0 radical (unpaired) electrons. The van der Waals surface area contributed by atoms with E-state index in [1.165, 1.54) is 83.5 Å². The first-order valence-corrected chi connectivity index (χ1v) is 30.0. The average Bonchev–Trinajstić information content (AvgIpc) is 3.39. The second kappa shape index (κ2) is 60.4. The van der Waals surface area contributed by atoms with Gasteiger partial charge in [0.2, 0.25) is 0 Å². The number of hydrogen-bond donors (Lipinski definition) is 0. The summed E-state index contributed by atoms with van der Waals surface area (Å²) in [5.74, 6) is -0.912. The summed E-state index contributed by atoms with van der Waals surface area (Å²) in [4.78, 5) is 38.1. The Labute approximate surface area is 450 Å². The summed E-state index contributed by atoms with van der Waals surface area (Å²) in [6.07, 6.45) is 83.4. The fourth-order valence-electron chi connectivity index (χ4n) is 8.03. The minimum absolute atomic E-state index is 0.0872. The molecule has 6 heteroatoms. The van der Waals surface area contributed by atoms with Gasteiger partial charge in [0.1, 0.15) is 13.2 Å². The van der Waals surface area contributed by atoms with Gasteiger partial charge in [-0.1, -0.05) is 258 Å². The van der Waals surface area contributed by atoms with Crippen LogP contribution in [0.5, 0.6) is 0 Å². The van der Waals surface area contributed by atoms with Gasteiger partial charge in [-0.05, 0) is 109 Å². The van der Waals surface area contributed by atoms with Gasteiger partial charge in [-0.15, -0.1) is 0 Å². The minimum Gasteiger partial charge on any atom is -0.462 e. The fourth-order valence-corrected chi connectivity index (χ4v) is 8.03. The zero-order valence-electron chi connectivity index (χ0n) is 47.4. The standard InChI is InChI=1S/C67H110O6/c1-4-7-10-13-16-19-21-23-25-27-29-31-32-33-34-36-37-39-41-43-45-48-51-54-57-60-66(69)72-63-64(62-71-65(68)59-56-53-50-47-18-15-12-9-6-3)73-67(70)61-58-55-52-49-46-44-42-40-38-35-30-28-26-24-22-20-17-14-11-8-5-2/h7-8,10-11,16-17,19-20,23-26,29-31,33-35,37,39,64H,4-6,9,12-15,18,21-22,27-28,32,36,38,40-63H2,1-3H3/b10-7-,11-8-,19-16-,20-17-,25-23-,26-24-,31-29-,34-33-,35-30-,39-37-. The molecular weight excluding hydrogens is 901 g/mol. The molecule has 0 saturated heterocycles. The van der Waals surface area contributed by atoms with Crippen LogP contribution in [0.15, 0.2) is 122 Å². The number of allylic oxidation sites excluding steroid dienone is 20. The minimum atomic E-state index is -0.790. The maximum atomic E-state index is 12.9. The van der Waals surface area contributed by atoms with Crippen LogP contribution in [0, 0.1) is 0 Å². The van der Waals surface area contributed by atoms with Gasteiger partial charge >= 0.3 is 17.9 Å². The van der Waals surface area contributed by atoms with Crippen LogP contribution in [0.1, 0.15) is 265 Å². The van der Waals surface area contributed by atoms with E-state index in [0.29, 0.717) is 19.3 Å². The Morgan fingerprint density at radius 2 is 0.534 bits per heavy atom. The maximum absolute atomic E-state index is 12.9. The maximum Gasteiger partial charge on any atom is 0.306 e. The average molecular weight is 1010 g/mol. The van der Waals surface area contributed by atoms with Gasteiger partial charge in [0.15, 0.2) is 6.10 Å². The van der Waals surface area contributed by atoms with Crippen molar-refractivity contribution in [2.24, 2.45) is 0 Å². The van der Waals surface area contributed by atoms with E-state index in [1.807, 2.05) is 0 Å². The Morgan fingerprint density at radius 3 is 0.836 bits per heavy atom. The summed E-state index contributed by atoms with van der Waals surface area (Å²) in [6.45, 7) is 6.38. The molecule has 0 aliphatic heterocycles. The summed E-state index contributed by atoms with van der Waals surface area (Å²) < 4.78 is 16.8. The third kappa shape index (κ3) is 58.6. The smallest absolute Gasteiger partial charge is 0.306 e. The molecule has 6 nitrogen and oxygen atoms in total. The first-order valence-electron chi connectivity index (χ1n) is 30.0. The number of unbranched alkanes of at least 4 members (excludes halogenated alkanes) is 22. The second-order valence-corrected chi connectivity index (χ2v) is 19.5. The third-order valence-corrected chi connectivity index (χ3v) is 12.5. The van der Waals surface area contributed by atoms with E-state index in [-0.39, 0.29) is 31.1 Å². The SMILES string of the molecule is CC/C=C\C/C=C\C/C=C\C/C=C\C/C=C\C/C=C\CCCCCCCCC(=O)OCC(COC(=O)CCCCCCCCCCC)OC(=O)CCCCCCCCCC/C=C\C/C=C\C/C=C\C/C=C\CC. The summed E-state index contributed by atoms with van der Waals surface area (Å²) in [5.41, 5.74) is 0. The highest BCUT2D eigenvalue weighted by Gasteiger charge is 2.19. The number of esters is 3. The highest BCUT2D eigenvalue weighted by molar-refractivity contribution is 5.71. The van der Waals surface area contributed by atoms with Crippen LogP contribution in [0.25, 0.3) is 0 Å². The number of hydrogen-bond acceptors (Lipinski definition) is 6. The zero-order chi connectivity index (χ0) is 52.9. The quantitative estimate of drug-likeness (QED) is 0.0261. The lowest BCUT2D eigenvalue weighted by Gasteiger charge is -2.18. The normalized spacial score (nSPS) is 13.0. The van der Waals surface area contributed by atoms with Crippen molar-refractivity contribution in [1.29, 1.82) is 0 Å². The van der Waals surface area contributed by atoms with E-state index in [2.05, 4.69) is 142 Å². The van der Waals surface area contributed by atoms with E-state index >= 15 is 0 Å². The second-order valence-electron chi connectivity index (χ2n) is 19.5. The zero-order valence-corrected chi connectivity index (χ0v) is 47.4. The monoisotopic (exact) mass is 1010 g/mol. The molecule has 1 atom stereocenters. The van der Waals surface area contributed by atoms with Crippen molar-refractivity contribution in [3.8, 4) is 0 Å². The lowest BCUT2D eigenvalue weighted by atomic mass is 10.1. The number of ether oxygens (including phenoxy) is 3. The predicted molar refractivity (Wildman–Crippen MR) is 316 cm³/mol.